The zero-order valence-corrected chi connectivity index (χ0v) is 25.1. The molecule has 4 N–H and O–H groups in total. The Hall–Kier alpha value is -2.75. The molecule has 0 heterocycles. The van der Waals surface area contributed by atoms with Gasteiger partial charge in [0.1, 0.15) is 17.7 Å². The van der Waals surface area contributed by atoms with E-state index in [1.807, 2.05) is 6.92 Å². The van der Waals surface area contributed by atoms with Crippen LogP contribution < -0.4 is 10.6 Å². The van der Waals surface area contributed by atoms with Crippen molar-refractivity contribution in [3.63, 3.8) is 0 Å². The van der Waals surface area contributed by atoms with E-state index in [0.29, 0.717) is 37.0 Å². The maximum Gasteiger partial charge on any atom is 0.326 e. The maximum absolute atomic E-state index is 12.5. The first-order valence-electron chi connectivity index (χ1n) is 15.2. The van der Waals surface area contributed by atoms with Gasteiger partial charge in [0.05, 0.1) is 5.71 Å². The van der Waals surface area contributed by atoms with Gasteiger partial charge < -0.3 is 25.7 Å². The van der Waals surface area contributed by atoms with Crippen molar-refractivity contribution < 1.29 is 34.2 Å². The SMILES string of the molecule is CCC[C@@H](NC(=O)[C@H](C)NC(=O)CO/N=C1\C=C2CC[C@@H]3[C@H](CC[C@@]4(C)[C@H]3CC[C@]4(O)C(C)=O)[C@@]2(C)CC1)C(=O)O. The Labute approximate surface area is 242 Å². The molecule has 4 rings (SSSR count). The van der Waals surface area contributed by atoms with Crippen LogP contribution in [0.25, 0.3) is 0 Å². The van der Waals surface area contributed by atoms with Crippen molar-refractivity contribution in [2.45, 2.75) is 117 Å². The molecule has 10 nitrogen and oxygen atoms in total. The number of hydrogen-bond donors (Lipinski definition) is 4. The number of carbonyl (C=O) groups excluding carboxylic acids is 3. The first-order valence-corrected chi connectivity index (χ1v) is 15.2. The summed E-state index contributed by atoms with van der Waals surface area (Å²) in [7, 11) is 0. The van der Waals surface area contributed by atoms with Crippen LogP contribution >= 0.6 is 0 Å². The number of nitrogens with zero attached hydrogens (tertiary/aromatic N) is 1. The lowest BCUT2D eigenvalue weighted by Gasteiger charge is -2.59. The van der Waals surface area contributed by atoms with E-state index in [4.69, 9.17) is 4.84 Å². The van der Waals surface area contributed by atoms with Crippen molar-refractivity contribution in [3.8, 4) is 0 Å². The van der Waals surface area contributed by atoms with E-state index in [2.05, 4.69) is 35.7 Å². The molecular weight excluding hydrogens is 526 g/mol. The fraction of sp³-hybridized carbons (Fsp3) is 0.774. The smallest absolute Gasteiger partial charge is 0.326 e. The number of allylic oxidation sites excluding steroid dienone is 2. The van der Waals surface area contributed by atoms with Crippen LogP contribution in [0.2, 0.25) is 0 Å². The summed E-state index contributed by atoms with van der Waals surface area (Å²) in [6.07, 6.45) is 10.0. The molecule has 0 unspecified atom stereocenters. The van der Waals surface area contributed by atoms with Crippen molar-refractivity contribution in [1.29, 1.82) is 0 Å². The normalized spacial score (nSPS) is 36.6. The van der Waals surface area contributed by atoms with Gasteiger partial charge in [0.25, 0.3) is 5.91 Å². The molecule has 0 aromatic heterocycles. The summed E-state index contributed by atoms with van der Waals surface area (Å²) < 4.78 is 0. The van der Waals surface area contributed by atoms with Gasteiger partial charge in [0.15, 0.2) is 12.4 Å². The Kier molecular flexibility index (Phi) is 9.02. The second-order valence-corrected chi connectivity index (χ2v) is 13.2. The zero-order valence-electron chi connectivity index (χ0n) is 25.1. The van der Waals surface area contributed by atoms with Gasteiger partial charge in [-0.2, -0.15) is 0 Å². The van der Waals surface area contributed by atoms with Crippen LogP contribution in [0.1, 0.15) is 98.8 Å². The Bertz CT molecular complexity index is 1130. The van der Waals surface area contributed by atoms with Crippen molar-refractivity contribution in [1.82, 2.24) is 10.6 Å². The quantitative estimate of drug-likeness (QED) is 0.292. The lowest BCUT2D eigenvalue weighted by molar-refractivity contribution is -0.159. The highest BCUT2D eigenvalue weighted by molar-refractivity contribution is 5.96. The number of aliphatic carboxylic acids is 1. The van der Waals surface area contributed by atoms with E-state index in [-0.39, 0.29) is 23.2 Å². The standard InChI is InChI=1S/C31H47N3O7/c1-6-7-25(28(38)39)33-27(37)18(2)32-26(36)17-41-34-21-10-13-29(4)20(16-21)8-9-22-23(29)11-14-30(5)24(22)12-15-31(30,40)19(3)35/h16,18,22-25,40H,6-15,17H2,1-5H3,(H,32,36)(H,33,37)(H,38,39)/b34-21-/t18-,22+,23-,24-,25+,29-,30-,31-/m0/s1. The molecule has 2 amide bonds. The Balaban J connectivity index is 1.33. The monoisotopic (exact) mass is 573 g/mol. The fourth-order valence-electron chi connectivity index (χ4n) is 8.60. The largest absolute Gasteiger partial charge is 0.480 e. The van der Waals surface area contributed by atoms with Gasteiger partial charge in [-0.05, 0) is 101 Å². The minimum Gasteiger partial charge on any atom is -0.480 e. The lowest BCUT2D eigenvalue weighted by Crippen LogP contribution is -2.57. The first kappa shape index (κ1) is 31.2. The average molecular weight is 574 g/mol. The first-order chi connectivity index (χ1) is 19.3. The number of oxime groups is 1. The molecule has 0 spiro atoms. The third-order valence-corrected chi connectivity index (χ3v) is 11.1. The van der Waals surface area contributed by atoms with Crippen molar-refractivity contribution in [3.05, 3.63) is 11.6 Å². The number of aliphatic hydroxyl groups is 1. The van der Waals surface area contributed by atoms with Crippen LogP contribution in [0.3, 0.4) is 0 Å². The summed E-state index contributed by atoms with van der Waals surface area (Å²) in [6.45, 7) is 9.02. The number of hydrogen-bond acceptors (Lipinski definition) is 7. The van der Waals surface area contributed by atoms with E-state index in [9.17, 15) is 29.4 Å². The molecule has 4 aliphatic rings. The van der Waals surface area contributed by atoms with Crippen LogP contribution in [0.15, 0.2) is 16.8 Å². The molecule has 4 aliphatic carbocycles. The highest BCUT2D eigenvalue weighted by Gasteiger charge is 2.65. The summed E-state index contributed by atoms with van der Waals surface area (Å²) in [5.41, 5.74) is 0.661. The highest BCUT2D eigenvalue weighted by Crippen LogP contribution is 2.67. The Morgan fingerprint density at radius 3 is 2.44 bits per heavy atom. The molecule has 0 aliphatic heterocycles. The molecular formula is C31H47N3O7. The van der Waals surface area contributed by atoms with Gasteiger partial charge in [-0.1, -0.05) is 37.9 Å². The zero-order chi connectivity index (χ0) is 30.2. The molecule has 0 saturated heterocycles. The maximum atomic E-state index is 12.5. The summed E-state index contributed by atoms with van der Waals surface area (Å²) >= 11 is 0. The van der Waals surface area contributed by atoms with Crippen molar-refractivity contribution in [2.75, 3.05) is 6.61 Å². The number of carbonyl (C=O) groups is 4. The van der Waals surface area contributed by atoms with Crippen LogP contribution in [-0.4, -0.2) is 63.8 Å². The average Bonchev–Trinajstić information content (AvgIpc) is 3.20. The van der Waals surface area contributed by atoms with Gasteiger partial charge >= 0.3 is 5.97 Å². The number of rotatable bonds is 10. The molecule has 0 radical (unpaired) electrons. The predicted octanol–water partition coefficient (Wildman–Crippen LogP) is 3.52. The molecule has 41 heavy (non-hydrogen) atoms. The third kappa shape index (κ3) is 5.68. The van der Waals surface area contributed by atoms with Gasteiger partial charge in [0.2, 0.25) is 5.91 Å². The van der Waals surface area contributed by atoms with Gasteiger partial charge in [0, 0.05) is 5.41 Å². The Morgan fingerprint density at radius 2 is 1.78 bits per heavy atom. The summed E-state index contributed by atoms with van der Waals surface area (Å²) in [4.78, 5) is 53.7. The number of amides is 2. The molecule has 3 fully saturated rings. The second-order valence-electron chi connectivity index (χ2n) is 13.2. The van der Waals surface area contributed by atoms with Crippen LogP contribution in [0.5, 0.6) is 0 Å². The van der Waals surface area contributed by atoms with Gasteiger partial charge in [-0.25, -0.2) is 4.79 Å². The van der Waals surface area contributed by atoms with Crippen molar-refractivity contribution >= 4 is 29.3 Å². The predicted molar refractivity (Wildman–Crippen MR) is 153 cm³/mol. The summed E-state index contributed by atoms with van der Waals surface area (Å²) in [6, 6.07) is -1.90. The number of nitrogens with one attached hydrogen (secondary N) is 2. The van der Waals surface area contributed by atoms with Crippen LogP contribution in [0.4, 0.5) is 0 Å². The fourth-order valence-corrected chi connectivity index (χ4v) is 8.60. The summed E-state index contributed by atoms with van der Waals surface area (Å²) in [5.74, 6) is -0.915. The van der Waals surface area contributed by atoms with E-state index < -0.39 is 35.5 Å². The highest BCUT2D eigenvalue weighted by atomic mass is 16.6. The minimum atomic E-state index is -1.20. The third-order valence-electron chi connectivity index (χ3n) is 11.1. The van der Waals surface area contributed by atoms with E-state index in [1.165, 1.54) is 12.5 Å². The number of carboxylic acid groups (broad SMARTS) is 1. The van der Waals surface area contributed by atoms with E-state index >= 15 is 0 Å². The van der Waals surface area contributed by atoms with Crippen LogP contribution in [0, 0.1) is 28.6 Å². The number of Topliss-reactive ketones (excluding diaryl/α,β-unsaturated/α-hetero) is 1. The molecule has 0 aromatic rings. The molecule has 0 bridgehead atoms. The molecule has 0 aromatic carbocycles. The topological polar surface area (TPSA) is 154 Å². The van der Waals surface area contributed by atoms with Gasteiger partial charge in [-0.3, -0.25) is 14.4 Å². The molecule has 8 atom stereocenters. The van der Waals surface area contributed by atoms with Crippen molar-refractivity contribution in [2.24, 2.45) is 33.7 Å². The minimum absolute atomic E-state index is 0.0476. The molecule has 10 heteroatoms. The van der Waals surface area contributed by atoms with E-state index in [0.717, 1.165) is 50.7 Å². The Morgan fingerprint density at radius 1 is 1.07 bits per heavy atom. The number of fused-ring (bicyclic) bond motifs is 5. The lowest BCUT2D eigenvalue weighted by atomic mass is 9.46. The number of carboxylic acids is 1. The molecule has 228 valence electrons. The second kappa shape index (κ2) is 11.9. The summed E-state index contributed by atoms with van der Waals surface area (Å²) in [5, 5.41) is 29.8. The van der Waals surface area contributed by atoms with E-state index in [1.54, 1.807) is 6.92 Å². The number of ketones is 1. The molecule has 3 saturated carbocycles. The van der Waals surface area contributed by atoms with Gasteiger partial charge in [-0.15, -0.1) is 0 Å². The van der Waals surface area contributed by atoms with Crippen LogP contribution in [-0.2, 0) is 24.0 Å².